The van der Waals surface area contributed by atoms with Gasteiger partial charge in [0, 0.05) is 6.42 Å². The fraction of sp³-hybridized carbons (Fsp3) is 0.188. The Morgan fingerprint density at radius 3 is 2.41 bits per heavy atom. The van der Waals surface area contributed by atoms with Crippen LogP contribution in [0.15, 0.2) is 48.5 Å². The molecule has 0 atom stereocenters. The van der Waals surface area contributed by atoms with Gasteiger partial charge < -0.3 is 9.84 Å². The van der Waals surface area contributed by atoms with Crippen LogP contribution in [0.25, 0.3) is 0 Å². The lowest BCUT2D eigenvalue weighted by Crippen LogP contribution is -2.11. The molecule has 0 fully saturated rings. The molecule has 2 aromatic rings. The molecule has 0 bridgehead atoms. The van der Waals surface area contributed by atoms with E-state index in [-0.39, 0.29) is 6.61 Å². The van der Waals surface area contributed by atoms with Crippen LogP contribution in [0.3, 0.4) is 0 Å². The number of aromatic hydroxyl groups is 1. The summed E-state index contributed by atoms with van der Waals surface area (Å²) in [6.45, 7) is 0.0124. The number of esters is 1. The van der Waals surface area contributed by atoms with E-state index in [0.29, 0.717) is 18.6 Å². The largest absolute Gasteiger partial charge is 0.507 e. The monoisotopic (exact) mass is 310 g/mol. The molecule has 0 spiro atoms. The van der Waals surface area contributed by atoms with Gasteiger partial charge in [0.2, 0.25) is 0 Å². The third-order valence-electron chi connectivity index (χ3n) is 3.01. The Morgan fingerprint density at radius 1 is 1.09 bits per heavy atom. The van der Waals surface area contributed by atoms with Crippen molar-refractivity contribution in [1.29, 1.82) is 0 Å². The first-order valence-electron chi connectivity index (χ1n) is 6.49. The predicted molar refractivity (Wildman–Crippen MR) is 73.5 cm³/mol. The highest BCUT2D eigenvalue weighted by Crippen LogP contribution is 2.32. The van der Waals surface area contributed by atoms with Crippen LogP contribution in [-0.2, 0) is 17.3 Å². The standard InChI is InChI=1S/C16H13F3O3/c17-16(18,19)12-6-7-14(20)13(10-12)15(21)22-9-8-11-4-2-1-3-5-11/h1-7,10,20H,8-9H2. The van der Waals surface area contributed by atoms with E-state index in [2.05, 4.69) is 0 Å². The van der Waals surface area contributed by atoms with Gasteiger partial charge in [-0.25, -0.2) is 4.79 Å². The maximum atomic E-state index is 12.6. The number of phenolic OH excluding ortho intramolecular Hbond substituents is 1. The summed E-state index contributed by atoms with van der Waals surface area (Å²) in [4.78, 5) is 11.8. The Balaban J connectivity index is 2.03. The topological polar surface area (TPSA) is 46.5 Å². The molecule has 0 aromatic heterocycles. The van der Waals surface area contributed by atoms with E-state index >= 15 is 0 Å². The van der Waals surface area contributed by atoms with Crippen molar-refractivity contribution >= 4 is 5.97 Å². The van der Waals surface area contributed by atoms with E-state index < -0.39 is 29.0 Å². The van der Waals surface area contributed by atoms with Gasteiger partial charge in [-0.3, -0.25) is 0 Å². The molecule has 0 saturated heterocycles. The second kappa shape index (κ2) is 6.51. The first-order chi connectivity index (χ1) is 10.4. The van der Waals surface area contributed by atoms with Gasteiger partial charge in [-0.15, -0.1) is 0 Å². The summed E-state index contributed by atoms with van der Waals surface area (Å²) < 4.78 is 42.7. The molecule has 0 amide bonds. The smallest absolute Gasteiger partial charge is 0.416 e. The van der Waals surface area contributed by atoms with Crippen LogP contribution in [0.4, 0.5) is 13.2 Å². The van der Waals surface area contributed by atoms with Crippen LogP contribution >= 0.6 is 0 Å². The normalized spacial score (nSPS) is 11.2. The zero-order chi connectivity index (χ0) is 16.2. The van der Waals surface area contributed by atoms with Gasteiger partial charge in [0.25, 0.3) is 0 Å². The number of phenols is 1. The molecule has 0 aliphatic heterocycles. The zero-order valence-corrected chi connectivity index (χ0v) is 11.4. The fourth-order valence-corrected chi connectivity index (χ4v) is 1.86. The van der Waals surface area contributed by atoms with Crippen molar-refractivity contribution in [2.24, 2.45) is 0 Å². The van der Waals surface area contributed by atoms with E-state index in [4.69, 9.17) is 4.74 Å². The third kappa shape index (κ3) is 4.00. The maximum absolute atomic E-state index is 12.6. The van der Waals surface area contributed by atoms with Crippen LogP contribution in [-0.4, -0.2) is 17.7 Å². The lowest BCUT2D eigenvalue weighted by molar-refractivity contribution is -0.137. The number of carbonyl (C=O) groups excluding carboxylic acids is 1. The Kier molecular flexibility index (Phi) is 4.70. The minimum atomic E-state index is -4.59. The van der Waals surface area contributed by atoms with Crippen LogP contribution in [0, 0.1) is 0 Å². The third-order valence-corrected chi connectivity index (χ3v) is 3.01. The molecule has 2 rings (SSSR count). The molecule has 3 nitrogen and oxygen atoms in total. The van der Waals surface area contributed by atoms with Crippen LogP contribution < -0.4 is 0 Å². The highest BCUT2D eigenvalue weighted by Gasteiger charge is 2.32. The van der Waals surface area contributed by atoms with Crippen molar-refractivity contribution in [3.63, 3.8) is 0 Å². The number of hydrogen-bond donors (Lipinski definition) is 1. The molecule has 0 saturated carbocycles. The summed E-state index contributed by atoms with van der Waals surface area (Å²) in [5.41, 5.74) is -0.577. The minimum absolute atomic E-state index is 0.0124. The average Bonchev–Trinajstić information content (AvgIpc) is 2.47. The van der Waals surface area contributed by atoms with Gasteiger partial charge in [-0.05, 0) is 23.8 Å². The Morgan fingerprint density at radius 2 is 1.77 bits per heavy atom. The van der Waals surface area contributed by atoms with Crippen LogP contribution in [0.2, 0.25) is 0 Å². The Labute approximate surface area is 125 Å². The van der Waals surface area contributed by atoms with Gasteiger partial charge >= 0.3 is 12.1 Å². The molecular weight excluding hydrogens is 297 g/mol. The van der Waals surface area contributed by atoms with E-state index in [9.17, 15) is 23.1 Å². The summed E-state index contributed by atoms with van der Waals surface area (Å²) in [6, 6.07) is 11.3. The van der Waals surface area contributed by atoms with Crippen molar-refractivity contribution in [2.75, 3.05) is 6.61 Å². The quantitative estimate of drug-likeness (QED) is 0.874. The molecule has 0 heterocycles. The number of alkyl halides is 3. The molecule has 6 heteroatoms. The molecular formula is C16H13F3O3. The number of rotatable bonds is 4. The van der Waals surface area contributed by atoms with Crippen molar-refractivity contribution in [2.45, 2.75) is 12.6 Å². The lowest BCUT2D eigenvalue weighted by Gasteiger charge is -2.10. The van der Waals surface area contributed by atoms with Crippen LogP contribution in [0.5, 0.6) is 5.75 Å². The summed E-state index contributed by atoms with van der Waals surface area (Å²) in [5.74, 6) is -1.53. The lowest BCUT2D eigenvalue weighted by atomic mass is 10.1. The predicted octanol–water partition coefficient (Wildman–Crippen LogP) is 3.81. The fourth-order valence-electron chi connectivity index (χ4n) is 1.86. The molecule has 0 aliphatic rings. The second-order valence-electron chi connectivity index (χ2n) is 4.60. The van der Waals surface area contributed by atoms with Crippen LogP contribution in [0.1, 0.15) is 21.5 Å². The van der Waals surface area contributed by atoms with E-state index in [1.807, 2.05) is 30.3 Å². The first-order valence-corrected chi connectivity index (χ1v) is 6.49. The van der Waals surface area contributed by atoms with Gasteiger partial charge in [0.1, 0.15) is 11.3 Å². The van der Waals surface area contributed by atoms with Gasteiger partial charge in [-0.2, -0.15) is 13.2 Å². The van der Waals surface area contributed by atoms with Crippen molar-refractivity contribution < 1.29 is 27.8 Å². The minimum Gasteiger partial charge on any atom is -0.507 e. The number of benzene rings is 2. The van der Waals surface area contributed by atoms with Crippen molar-refractivity contribution in [3.05, 3.63) is 65.2 Å². The molecule has 2 aromatic carbocycles. The van der Waals surface area contributed by atoms with E-state index in [1.54, 1.807) is 0 Å². The van der Waals surface area contributed by atoms with Gasteiger partial charge in [0.05, 0.1) is 12.2 Å². The Bertz CT molecular complexity index is 651. The van der Waals surface area contributed by atoms with Crippen molar-refractivity contribution in [3.8, 4) is 5.75 Å². The highest BCUT2D eigenvalue weighted by molar-refractivity contribution is 5.92. The first kappa shape index (κ1) is 15.9. The molecule has 116 valence electrons. The number of ether oxygens (including phenoxy) is 1. The molecule has 0 aliphatic carbocycles. The molecule has 0 unspecified atom stereocenters. The van der Waals surface area contributed by atoms with Crippen molar-refractivity contribution in [1.82, 2.24) is 0 Å². The summed E-state index contributed by atoms with van der Waals surface area (Å²) >= 11 is 0. The summed E-state index contributed by atoms with van der Waals surface area (Å²) in [7, 11) is 0. The SMILES string of the molecule is O=C(OCCc1ccccc1)c1cc(C(F)(F)F)ccc1O. The second-order valence-corrected chi connectivity index (χ2v) is 4.60. The molecule has 0 radical (unpaired) electrons. The van der Waals surface area contributed by atoms with Gasteiger partial charge in [-0.1, -0.05) is 30.3 Å². The summed E-state index contributed by atoms with van der Waals surface area (Å²) in [6.07, 6.45) is -4.15. The number of hydrogen-bond acceptors (Lipinski definition) is 3. The van der Waals surface area contributed by atoms with E-state index in [0.717, 1.165) is 11.6 Å². The highest BCUT2D eigenvalue weighted by atomic mass is 19.4. The average molecular weight is 310 g/mol. The maximum Gasteiger partial charge on any atom is 0.416 e. The van der Waals surface area contributed by atoms with E-state index in [1.165, 1.54) is 0 Å². The molecule has 22 heavy (non-hydrogen) atoms. The Hall–Kier alpha value is -2.50. The molecule has 1 N–H and O–H groups in total. The zero-order valence-electron chi connectivity index (χ0n) is 11.4. The summed E-state index contributed by atoms with van der Waals surface area (Å²) in [5, 5.41) is 9.52. The number of carbonyl (C=O) groups is 1. The number of halogens is 3. The van der Waals surface area contributed by atoms with Gasteiger partial charge in [0.15, 0.2) is 0 Å².